The molecule has 2 N–H and O–H groups in total. The van der Waals surface area contributed by atoms with Gasteiger partial charge < -0.3 is 14.8 Å². The third kappa shape index (κ3) is 5.03. The average Bonchev–Trinajstić information content (AvgIpc) is 2.61. The van der Waals surface area contributed by atoms with Gasteiger partial charge in [-0.3, -0.25) is 9.59 Å². The van der Waals surface area contributed by atoms with Crippen LogP contribution in [0.3, 0.4) is 0 Å². The van der Waals surface area contributed by atoms with Crippen molar-refractivity contribution < 1.29 is 23.5 Å². The van der Waals surface area contributed by atoms with Gasteiger partial charge in [0.2, 0.25) is 0 Å². The Morgan fingerprint density at radius 3 is 2.48 bits per heavy atom. The predicted octanol–water partition coefficient (Wildman–Crippen LogP) is 1.93. The lowest BCUT2D eigenvalue weighted by molar-refractivity contribution is -0.136. The predicted molar refractivity (Wildman–Crippen MR) is 90.3 cm³/mol. The summed E-state index contributed by atoms with van der Waals surface area (Å²) in [5.41, 5.74) is 2.88. The molecule has 0 saturated heterocycles. The van der Waals surface area contributed by atoms with Crippen molar-refractivity contribution >= 4 is 23.7 Å². The second-order valence-electron chi connectivity index (χ2n) is 4.78. The van der Waals surface area contributed by atoms with E-state index in [4.69, 9.17) is 9.47 Å². The normalized spacial score (nSPS) is 10.4. The lowest BCUT2D eigenvalue weighted by Crippen LogP contribution is -2.32. The fraction of sp³-hybridized carbons (Fsp3) is 0.118. The summed E-state index contributed by atoms with van der Waals surface area (Å²) in [6.07, 6.45) is 1.34. The van der Waals surface area contributed by atoms with Gasteiger partial charge in [-0.1, -0.05) is 6.07 Å². The van der Waals surface area contributed by atoms with Gasteiger partial charge in [0.15, 0.2) is 11.5 Å². The maximum atomic E-state index is 13.0. The number of amides is 2. The van der Waals surface area contributed by atoms with Gasteiger partial charge in [-0.2, -0.15) is 5.10 Å². The minimum Gasteiger partial charge on any atom is -0.493 e. The Morgan fingerprint density at radius 1 is 1.04 bits per heavy atom. The standard InChI is InChI=1S/C17H16FN3O4/c1-24-14-7-6-11(8-15(14)25-2)10-19-21-17(23)16(22)20-13-5-3-4-12(18)9-13/h3-10H,1-2H3,(H,20,22)(H,21,23). The molecule has 8 heteroatoms. The molecule has 0 radical (unpaired) electrons. The van der Waals surface area contributed by atoms with Gasteiger partial charge in [0.25, 0.3) is 0 Å². The van der Waals surface area contributed by atoms with E-state index in [1.807, 2.05) is 0 Å². The van der Waals surface area contributed by atoms with E-state index in [0.717, 1.165) is 6.07 Å². The van der Waals surface area contributed by atoms with Gasteiger partial charge in [-0.15, -0.1) is 0 Å². The summed E-state index contributed by atoms with van der Waals surface area (Å²) in [4.78, 5) is 23.4. The number of nitrogens with zero attached hydrogens (tertiary/aromatic N) is 1. The molecule has 0 fully saturated rings. The van der Waals surface area contributed by atoms with Crippen LogP contribution in [0.2, 0.25) is 0 Å². The molecule has 0 atom stereocenters. The van der Waals surface area contributed by atoms with E-state index >= 15 is 0 Å². The number of rotatable bonds is 5. The smallest absolute Gasteiger partial charge is 0.329 e. The van der Waals surface area contributed by atoms with Crippen molar-refractivity contribution in [1.29, 1.82) is 0 Å². The van der Waals surface area contributed by atoms with E-state index in [9.17, 15) is 14.0 Å². The number of carbonyl (C=O) groups excluding carboxylic acids is 2. The van der Waals surface area contributed by atoms with Crippen LogP contribution in [0.1, 0.15) is 5.56 Å². The molecule has 0 saturated carbocycles. The van der Waals surface area contributed by atoms with Crippen LogP contribution in [0, 0.1) is 5.82 Å². The average molecular weight is 345 g/mol. The number of hydrazone groups is 1. The van der Waals surface area contributed by atoms with Gasteiger partial charge >= 0.3 is 11.8 Å². The molecular formula is C17H16FN3O4. The van der Waals surface area contributed by atoms with Gasteiger partial charge in [0.05, 0.1) is 20.4 Å². The van der Waals surface area contributed by atoms with Crippen molar-refractivity contribution in [2.45, 2.75) is 0 Å². The van der Waals surface area contributed by atoms with Crippen molar-refractivity contribution in [1.82, 2.24) is 5.43 Å². The maximum Gasteiger partial charge on any atom is 0.329 e. The summed E-state index contributed by atoms with van der Waals surface area (Å²) in [6, 6.07) is 10.2. The zero-order chi connectivity index (χ0) is 18.2. The molecule has 2 rings (SSSR count). The Morgan fingerprint density at radius 2 is 1.80 bits per heavy atom. The minimum atomic E-state index is -0.985. The van der Waals surface area contributed by atoms with Crippen LogP contribution in [0.25, 0.3) is 0 Å². The summed E-state index contributed by atoms with van der Waals surface area (Å²) < 4.78 is 23.3. The lowest BCUT2D eigenvalue weighted by atomic mass is 10.2. The molecule has 0 heterocycles. The molecule has 2 aromatic rings. The molecule has 7 nitrogen and oxygen atoms in total. The highest BCUT2D eigenvalue weighted by molar-refractivity contribution is 6.39. The second-order valence-corrected chi connectivity index (χ2v) is 4.78. The summed E-state index contributed by atoms with van der Waals surface area (Å²) in [6.45, 7) is 0. The van der Waals surface area contributed by atoms with Crippen LogP contribution in [-0.2, 0) is 9.59 Å². The molecular weight excluding hydrogens is 329 g/mol. The van der Waals surface area contributed by atoms with Gasteiger partial charge in [0.1, 0.15) is 5.82 Å². The summed E-state index contributed by atoms with van der Waals surface area (Å²) in [5.74, 6) is -1.42. The number of anilines is 1. The first-order chi connectivity index (χ1) is 12.0. The molecule has 130 valence electrons. The fourth-order valence-electron chi connectivity index (χ4n) is 1.90. The van der Waals surface area contributed by atoms with Crippen LogP contribution in [-0.4, -0.2) is 32.2 Å². The van der Waals surface area contributed by atoms with Gasteiger partial charge in [-0.25, -0.2) is 9.82 Å². The van der Waals surface area contributed by atoms with Crippen molar-refractivity contribution in [3.05, 3.63) is 53.8 Å². The monoisotopic (exact) mass is 345 g/mol. The fourth-order valence-corrected chi connectivity index (χ4v) is 1.90. The second kappa shape index (κ2) is 8.44. The van der Waals surface area contributed by atoms with Gasteiger partial charge in [-0.05, 0) is 42.0 Å². The summed E-state index contributed by atoms with van der Waals surface area (Å²) in [7, 11) is 3.01. The zero-order valence-electron chi connectivity index (χ0n) is 13.6. The number of hydrogen-bond acceptors (Lipinski definition) is 5. The highest BCUT2D eigenvalue weighted by Gasteiger charge is 2.13. The van der Waals surface area contributed by atoms with E-state index in [-0.39, 0.29) is 5.69 Å². The number of carbonyl (C=O) groups is 2. The SMILES string of the molecule is COc1ccc(C=NNC(=O)C(=O)Nc2cccc(F)c2)cc1OC. The van der Waals surface area contributed by atoms with Crippen molar-refractivity contribution in [3.8, 4) is 11.5 Å². The number of halogens is 1. The Labute approximate surface area is 143 Å². The molecule has 0 unspecified atom stereocenters. The van der Waals surface area contributed by atoms with Crippen LogP contribution >= 0.6 is 0 Å². The zero-order valence-corrected chi connectivity index (χ0v) is 13.6. The largest absolute Gasteiger partial charge is 0.493 e. The van der Waals surface area contributed by atoms with Gasteiger partial charge in [0, 0.05) is 5.69 Å². The van der Waals surface area contributed by atoms with Crippen LogP contribution in [0.15, 0.2) is 47.6 Å². The molecule has 0 bridgehead atoms. The Balaban J connectivity index is 1.94. The van der Waals surface area contributed by atoms with Crippen LogP contribution in [0.4, 0.5) is 10.1 Å². The molecule has 0 aliphatic rings. The number of benzene rings is 2. The Hall–Kier alpha value is -3.42. The first-order valence-corrected chi connectivity index (χ1v) is 7.15. The molecule has 0 aliphatic carbocycles. The topological polar surface area (TPSA) is 89.0 Å². The van der Waals surface area contributed by atoms with E-state index in [0.29, 0.717) is 17.1 Å². The van der Waals surface area contributed by atoms with E-state index in [2.05, 4.69) is 15.8 Å². The van der Waals surface area contributed by atoms with Crippen molar-refractivity contribution in [2.75, 3.05) is 19.5 Å². The molecule has 0 spiro atoms. The minimum absolute atomic E-state index is 0.170. The van der Waals surface area contributed by atoms with E-state index < -0.39 is 17.6 Å². The quantitative estimate of drug-likeness (QED) is 0.492. The highest BCUT2D eigenvalue weighted by Crippen LogP contribution is 2.26. The van der Waals surface area contributed by atoms with E-state index in [1.54, 1.807) is 18.2 Å². The Kier molecular flexibility index (Phi) is 6.05. The van der Waals surface area contributed by atoms with E-state index in [1.165, 1.54) is 38.6 Å². The molecule has 2 amide bonds. The van der Waals surface area contributed by atoms with Crippen LogP contribution < -0.4 is 20.2 Å². The lowest BCUT2D eigenvalue weighted by Gasteiger charge is -2.07. The number of methoxy groups -OCH3 is 2. The molecule has 2 aromatic carbocycles. The number of nitrogens with one attached hydrogen (secondary N) is 2. The summed E-state index contributed by atoms with van der Waals surface area (Å²) in [5, 5.41) is 5.96. The van der Waals surface area contributed by atoms with Crippen molar-refractivity contribution in [2.24, 2.45) is 5.10 Å². The molecule has 0 aromatic heterocycles. The first-order valence-electron chi connectivity index (χ1n) is 7.15. The highest BCUT2D eigenvalue weighted by atomic mass is 19.1. The third-order valence-corrected chi connectivity index (χ3v) is 3.08. The molecule has 0 aliphatic heterocycles. The Bertz CT molecular complexity index is 808. The van der Waals surface area contributed by atoms with Crippen LogP contribution in [0.5, 0.6) is 11.5 Å². The third-order valence-electron chi connectivity index (χ3n) is 3.08. The van der Waals surface area contributed by atoms with Crippen molar-refractivity contribution in [3.63, 3.8) is 0 Å². The number of ether oxygens (including phenoxy) is 2. The number of hydrogen-bond donors (Lipinski definition) is 2. The maximum absolute atomic E-state index is 13.0. The first kappa shape index (κ1) is 17.9. The summed E-state index contributed by atoms with van der Waals surface area (Å²) >= 11 is 0. The molecule has 25 heavy (non-hydrogen) atoms.